The number of carbonyl (C=O) groups is 1. The van der Waals surface area contributed by atoms with Crippen LogP contribution >= 0.6 is 0 Å². The Kier molecular flexibility index (Phi) is 5.69. The molecule has 0 saturated carbocycles. The fourth-order valence-corrected chi connectivity index (χ4v) is 1.49. The molecule has 0 aliphatic rings. The highest BCUT2D eigenvalue weighted by Crippen LogP contribution is 2.05. The second kappa shape index (κ2) is 7.04. The maximum atomic E-state index is 11.9. The summed E-state index contributed by atoms with van der Waals surface area (Å²) in [6, 6.07) is 1.78. The van der Waals surface area contributed by atoms with Crippen LogP contribution in [0.4, 0.5) is 5.95 Å². The minimum absolute atomic E-state index is 0.0907. The SMILES string of the molecule is Cc1cc(C(=O)NC(C)C)nc(NCCN(C)C)n1. The van der Waals surface area contributed by atoms with Gasteiger partial charge in [-0.25, -0.2) is 9.97 Å². The topological polar surface area (TPSA) is 70.2 Å². The van der Waals surface area contributed by atoms with Crippen molar-refractivity contribution in [3.63, 3.8) is 0 Å². The summed E-state index contributed by atoms with van der Waals surface area (Å²) in [4.78, 5) is 22.5. The predicted octanol–water partition coefficient (Wildman–Crippen LogP) is 0.897. The van der Waals surface area contributed by atoms with E-state index in [1.807, 2.05) is 34.9 Å². The monoisotopic (exact) mass is 265 g/mol. The van der Waals surface area contributed by atoms with E-state index >= 15 is 0 Å². The average molecular weight is 265 g/mol. The Bertz CT molecular complexity index is 431. The van der Waals surface area contributed by atoms with Gasteiger partial charge in [0.25, 0.3) is 5.91 Å². The lowest BCUT2D eigenvalue weighted by molar-refractivity contribution is 0.0938. The van der Waals surface area contributed by atoms with Crippen LogP contribution in [0.2, 0.25) is 0 Å². The summed E-state index contributed by atoms with van der Waals surface area (Å²) in [5.41, 5.74) is 1.17. The highest BCUT2D eigenvalue weighted by atomic mass is 16.1. The molecule has 0 unspecified atom stereocenters. The van der Waals surface area contributed by atoms with Crippen molar-refractivity contribution in [3.8, 4) is 0 Å². The van der Waals surface area contributed by atoms with Crippen molar-refractivity contribution in [1.29, 1.82) is 0 Å². The molecule has 0 bridgehead atoms. The van der Waals surface area contributed by atoms with Gasteiger partial charge in [0, 0.05) is 24.8 Å². The zero-order chi connectivity index (χ0) is 14.4. The smallest absolute Gasteiger partial charge is 0.270 e. The lowest BCUT2D eigenvalue weighted by Gasteiger charge is -2.12. The maximum Gasteiger partial charge on any atom is 0.270 e. The number of nitrogens with zero attached hydrogens (tertiary/aromatic N) is 3. The quantitative estimate of drug-likeness (QED) is 0.799. The Morgan fingerprint density at radius 1 is 1.37 bits per heavy atom. The molecular weight excluding hydrogens is 242 g/mol. The number of hydrogen-bond donors (Lipinski definition) is 2. The Labute approximate surface area is 114 Å². The number of carbonyl (C=O) groups excluding carboxylic acids is 1. The molecule has 0 aliphatic heterocycles. The van der Waals surface area contributed by atoms with E-state index < -0.39 is 0 Å². The van der Waals surface area contributed by atoms with E-state index in [0.29, 0.717) is 11.6 Å². The van der Waals surface area contributed by atoms with Gasteiger partial charge in [-0.05, 0) is 40.9 Å². The fourth-order valence-electron chi connectivity index (χ4n) is 1.49. The number of anilines is 1. The van der Waals surface area contributed by atoms with Crippen LogP contribution in [0, 0.1) is 6.92 Å². The van der Waals surface area contributed by atoms with Crippen molar-refractivity contribution >= 4 is 11.9 Å². The molecule has 2 N–H and O–H groups in total. The molecule has 1 heterocycles. The molecule has 0 atom stereocenters. The van der Waals surface area contributed by atoms with Gasteiger partial charge in [-0.3, -0.25) is 4.79 Å². The van der Waals surface area contributed by atoms with Crippen molar-refractivity contribution in [1.82, 2.24) is 20.2 Å². The van der Waals surface area contributed by atoms with E-state index in [0.717, 1.165) is 18.8 Å². The number of likely N-dealkylation sites (N-methyl/N-ethyl adjacent to an activating group) is 1. The van der Waals surface area contributed by atoms with Crippen LogP contribution in [0.1, 0.15) is 30.0 Å². The van der Waals surface area contributed by atoms with Crippen molar-refractivity contribution in [2.24, 2.45) is 0 Å². The summed E-state index contributed by atoms with van der Waals surface area (Å²) in [5, 5.41) is 5.94. The van der Waals surface area contributed by atoms with E-state index in [1.165, 1.54) is 0 Å². The molecule has 6 nitrogen and oxygen atoms in total. The van der Waals surface area contributed by atoms with Crippen molar-refractivity contribution in [2.75, 3.05) is 32.5 Å². The zero-order valence-corrected chi connectivity index (χ0v) is 12.3. The first-order chi connectivity index (χ1) is 8.88. The summed E-state index contributed by atoms with van der Waals surface area (Å²) in [7, 11) is 4.00. The molecule has 0 fully saturated rings. The van der Waals surface area contributed by atoms with Crippen LogP contribution in [0.15, 0.2) is 6.07 Å². The zero-order valence-electron chi connectivity index (χ0n) is 12.3. The van der Waals surface area contributed by atoms with Crippen LogP contribution in [0.25, 0.3) is 0 Å². The van der Waals surface area contributed by atoms with E-state index in [4.69, 9.17) is 0 Å². The van der Waals surface area contributed by atoms with Crippen molar-refractivity contribution in [3.05, 3.63) is 17.5 Å². The number of rotatable bonds is 6. The lowest BCUT2D eigenvalue weighted by Crippen LogP contribution is -2.31. The Balaban J connectivity index is 2.73. The van der Waals surface area contributed by atoms with Crippen molar-refractivity contribution in [2.45, 2.75) is 26.8 Å². The molecule has 0 aliphatic carbocycles. The van der Waals surface area contributed by atoms with Gasteiger partial charge in [0.15, 0.2) is 0 Å². The Morgan fingerprint density at radius 3 is 2.63 bits per heavy atom. The standard InChI is InChI=1S/C13H23N5O/c1-9(2)15-12(19)11-8-10(3)16-13(17-11)14-6-7-18(4)5/h8-9H,6-7H2,1-5H3,(H,15,19)(H,14,16,17). The van der Waals surface area contributed by atoms with Gasteiger partial charge >= 0.3 is 0 Å². The van der Waals surface area contributed by atoms with E-state index in [1.54, 1.807) is 6.07 Å². The molecule has 19 heavy (non-hydrogen) atoms. The molecule has 0 spiro atoms. The van der Waals surface area contributed by atoms with Crippen LogP contribution < -0.4 is 10.6 Å². The van der Waals surface area contributed by atoms with Gasteiger partial charge in [0.05, 0.1) is 0 Å². The maximum absolute atomic E-state index is 11.9. The third-order valence-corrected chi connectivity index (χ3v) is 2.35. The van der Waals surface area contributed by atoms with Crippen LogP contribution in [0.5, 0.6) is 0 Å². The molecule has 1 aromatic heterocycles. The van der Waals surface area contributed by atoms with Gasteiger partial charge in [-0.15, -0.1) is 0 Å². The van der Waals surface area contributed by atoms with Crippen LogP contribution in [-0.2, 0) is 0 Å². The Morgan fingerprint density at radius 2 is 2.05 bits per heavy atom. The van der Waals surface area contributed by atoms with E-state index in [2.05, 4.69) is 25.5 Å². The molecule has 0 aromatic carbocycles. The van der Waals surface area contributed by atoms with Crippen molar-refractivity contribution < 1.29 is 4.79 Å². The highest BCUT2D eigenvalue weighted by molar-refractivity contribution is 5.92. The number of nitrogens with one attached hydrogen (secondary N) is 2. The molecule has 106 valence electrons. The fraction of sp³-hybridized carbons (Fsp3) is 0.615. The Hall–Kier alpha value is -1.69. The average Bonchev–Trinajstić information content (AvgIpc) is 2.26. The van der Waals surface area contributed by atoms with Gasteiger partial charge in [-0.2, -0.15) is 0 Å². The molecular formula is C13H23N5O. The summed E-state index contributed by atoms with van der Waals surface area (Å²) in [6.07, 6.45) is 0. The first kappa shape index (κ1) is 15.4. The third-order valence-electron chi connectivity index (χ3n) is 2.35. The second-order valence-corrected chi connectivity index (χ2v) is 5.08. The lowest BCUT2D eigenvalue weighted by atomic mass is 10.3. The minimum atomic E-state index is -0.170. The third kappa shape index (κ3) is 5.65. The van der Waals surface area contributed by atoms with Gasteiger partial charge in [0.2, 0.25) is 5.95 Å². The number of hydrogen-bond acceptors (Lipinski definition) is 5. The molecule has 1 aromatic rings. The second-order valence-electron chi connectivity index (χ2n) is 5.08. The number of aromatic nitrogens is 2. The van der Waals surface area contributed by atoms with E-state index in [-0.39, 0.29) is 11.9 Å². The minimum Gasteiger partial charge on any atom is -0.353 e. The number of amides is 1. The van der Waals surface area contributed by atoms with Crippen LogP contribution in [0.3, 0.4) is 0 Å². The highest BCUT2D eigenvalue weighted by Gasteiger charge is 2.11. The summed E-state index contributed by atoms with van der Waals surface area (Å²) in [5.74, 6) is 0.326. The molecule has 0 saturated heterocycles. The van der Waals surface area contributed by atoms with Gasteiger partial charge in [0.1, 0.15) is 5.69 Å². The largest absolute Gasteiger partial charge is 0.353 e. The summed E-state index contributed by atoms with van der Waals surface area (Å²) in [6.45, 7) is 7.31. The van der Waals surface area contributed by atoms with E-state index in [9.17, 15) is 4.79 Å². The molecule has 1 rings (SSSR count). The summed E-state index contributed by atoms with van der Waals surface area (Å²) >= 11 is 0. The molecule has 6 heteroatoms. The first-order valence-corrected chi connectivity index (χ1v) is 6.43. The normalized spacial score (nSPS) is 10.9. The van der Waals surface area contributed by atoms with Gasteiger partial charge < -0.3 is 15.5 Å². The first-order valence-electron chi connectivity index (χ1n) is 6.43. The summed E-state index contributed by atoms with van der Waals surface area (Å²) < 4.78 is 0. The number of aryl methyl sites for hydroxylation is 1. The van der Waals surface area contributed by atoms with Gasteiger partial charge in [-0.1, -0.05) is 0 Å². The van der Waals surface area contributed by atoms with Crippen LogP contribution in [-0.4, -0.2) is 54.0 Å². The predicted molar refractivity (Wildman–Crippen MR) is 76.4 cm³/mol. The molecule has 1 amide bonds. The molecule has 0 radical (unpaired) electrons.